The van der Waals surface area contributed by atoms with Crippen LogP contribution in [0.1, 0.15) is 37.3 Å². The molecule has 1 N–H and O–H groups in total. The summed E-state index contributed by atoms with van der Waals surface area (Å²) in [4.78, 5) is 0. The third-order valence-electron chi connectivity index (χ3n) is 6.15. The fourth-order valence-corrected chi connectivity index (χ4v) is 3.80. The summed E-state index contributed by atoms with van der Waals surface area (Å²) in [5.74, 6) is -39.6. The molecular weight excluding hydrogens is 567 g/mol. The molecule has 0 aliphatic carbocycles. The second kappa shape index (κ2) is 10.4. The molecule has 0 amide bonds. The Balaban J connectivity index is 2.70. The summed E-state index contributed by atoms with van der Waals surface area (Å²) in [5.41, 5.74) is -4.00. The van der Waals surface area contributed by atoms with Gasteiger partial charge in [-0.15, -0.1) is 0 Å². The summed E-state index contributed by atoms with van der Waals surface area (Å²) in [7, 11) is 0. The molecule has 2 aromatic carbocycles. The van der Waals surface area contributed by atoms with Crippen LogP contribution >= 0.6 is 0 Å². The van der Waals surface area contributed by atoms with E-state index in [1.54, 1.807) is 0 Å². The van der Waals surface area contributed by atoms with Crippen LogP contribution in [0.4, 0.5) is 57.1 Å². The lowest BCUT2D eigenvalue weighted by Crippen LogP contribution is -2.70. The maximum Gasteiger partial charge on any atom is 0.460 e. The van der Waals surface area contributed by atoms with Crippen molar-refractivity contribution in [2.75, 3.05) is 6.61 Å². The summed E-state index contributed by atoms with van der Waals surface area (Å²) in [6.07, 6.45) is -10.3. The molecule has 0 radical (unpaired) electrons. The van der Waals surface area contributed by atoms with Crippen molar-refractivity contribution in [3.8, 4) is 5.75 Å². The van der Waals surface area contributed by atoms with Gasteiger partial charge in [-0.05, 0) is 30.2 Å². The Morgan fingerprint density at radius 3 is 1.69 bits per heavy atom. The highest BCUT2D eigenvalue weighted by atomic mass is 19.4. The van der Waals surface area contributed by atoms with Crippen molar-refractivity contribution in [2.24, 2.45) is 0 Å². The van der Waals surface area contributed by atoms with E-state index in [9.17, 15) is 62.2 Å². The van der Waals surface area contributed by atoms with Crippen LogP contribution in [0.2, 0.25) is 0 Å². The number of alkyl halides is 13. The minimum atomic E-state index is -8.02. The maximum absolute atomic E-state index is 14.9. The Bertz CT molecular complexity index is 1120. The Kier molecular flexibility index (Phi) is 8.63. The Morgan fingerprint density at radius 1 is 0.692 bits per heavy atom. The van der Waals surface area contributed by atoms with E-state index in [1.165, 1.54) is 43.3 Å². The first-order chi connectivity index (χ1) is 17.5. The van der Waals surface area contributed by atoms with E-state index in [2.05, 4.69) is 0 Å². The van der Waals surface area contributed by atoms with Crippen molar-refractivity contribution < 1.29 is 66.9 Å². The van der Waals surface area contributed by atoms with Crippen molar-refractivity contribution in [3.63, 3.8) is 0 Å². The van der Waals surface area contributed by atoms with Gasteiger partial charge in [0.05, 0.1) is 13.0 Å². The minimum Gasteiger partial charge on any atom is -0.494 e. The number of ether oxygens (including phenoxy) is 1. The Hall–Kier alpha value is -2.71. The fraction of sp³-hybridized carbons (Fsp3) is 0.500. The van der Waals surface area contributed by atoms with E-state index in [-0.39, 0.29) is 17.9 Å². The summed E-state index contributed by atoms with van der Waals surface area (Å²) in [5, 5.41) is 11.3. The maximum atomic E-state index is 14.9. The first-order valence-electron chi connectivity index (χ1n) is 11.0. The number of hydrogen-bond donors (Lipinski definition) is 1. The molecule has 0 saturated carbocycles. The molecule has 0 heterocycles. The molecular formula is C24H21F13O2. The highest BCUT2D eigenvalue weighted by Gasteiger charge is 2.90. The van der Waals surface area contributed by atoms with Crippen LogP contribution in [-0.2, 0) is 5.60 Å². The lowest BCUT2D eigenvalue weighted by atomic mass is 9.73. The zero-order chi connectivity index (χ0) is 30.3. The molecule has 0 aromatic heterocycles. The number of hydrogen-bond acceptors (Lipinski definition) is 2. The lowest BCUT2D eigenvalue weighted by Gasteiger charge is -2.43. The topological polar surface area (TPSA) is 29.5 Å². The van der Waals surface area contributed by atoms with Crippen LogP contribution in [0.15, 0.2) is 54.6 Å². The Labute approximate surface area is 213 Å². The van der Waals surface area contributed by atoms with Gasteiger partial charge in [0, 0.05) is 5.92 Å². The standard InChI is InChI=1S/C24H21F13O2/c1-3-39-17-11-7-10-16(12-17)18(38,14(2)15-8-5-4-6-9-15)13-19(25,26)20(27,28)21(29,30)22(31,32)23(33,34)24(35,36)37/h4-12,14,38H,3,13H2,1-2H3. The molecule has 2 nitrogen and oxygen atoms in total. The third-order valence-corrected chi connectivity index (χ3v) is 6.15. The molecule has 2 aromatic rings. The average molecular weight is 588 g/mol. The number of halogens is 13. The van der Waals surface area contributed by atoms with Gasteiger partial charge in [0.2, 0.25) is 0 Å². The van der Waals surface area contributed by atoms with Crippen LogP contribution in [-0.4, -0.2) is 47.5 Å². The summed E-state index contributed by atoms with van der Waals surface area (Å²) in [6.45, 7) is 2.46. The quantitative estimate of drug-likeness (QED) is 0.268. The van der Waals surface area contributed by atoms with Gasteiger partial charge in [-0.3, -0.25) is 0 Å². The van der Waals surface area contributed by atoms with Gasteiger partial charge in [-0.1, -0.05) is 49.4 Å². The molecule has 0 spiro atoms. The fourth-order valence-electron chi connectivity index (χ4n) is 3.80. The van der Waals surface area contributed by atoms with Gasteiger partial charge in [0.15, 0.2) is 0 Å². The molecule has 0 aliphatic heterocycles. The largest absolute Gasteiger partial charge is 0.494 e. The highest BCUT2D eigenvalue weighted by Crippen LogP contribution is 2.62. The summed E-state index contributed by atoms with van der Waals surface area (Å²) < 4.78 is 183. The molecule has 0 aliphatic rings. The minimum absolute atomic E-state index is 0.0148. The predicted octanol–water partition coefficient (Wildman–Crippen LogP) is 8.21. The molecule has 2 atom stereocenters. The summed E-state index contributed by atoms with van der Waals surface area (Å²) >= 11 is 0. The van der Waals surface area contributed by atoms with Gasteiger partial charge >= 0.3 is 35.8 Å². The van der Waals surface area contributed by atoms with Crippen LogP contribution in [0.25, 0.3) is 0 Å². The van der Waals surface area contributed by atoms with Gasteiger partial charge in [-0.25, -0.2) is 0 Å². The monoisotopic (exact) mass is 588 g/mol. The first kappa shape index (κ1) is 32.5. The van der Waals surface area contributed by atoms with E-state index in [1.807, 2.05) is 0 Å². The van der Waals surface area contributed by atoms with Crippen molar-refractivity contribution in [2.45, 2.75) is 67.6 Å². The first-order valence-corrected chi connectivity index (χ1v) is 11.0. The second-order valence-corrected chi connectivity index (χ2v) is 8.69. The van der Waals surface area contributed by atoms with Crippen LogP contribution < -0.4 is 4.74 Å². The zero-order valence-corrected chi connectivity index (χ0v) is 20.0. The molecule has 15 heteroatoms. The van der Waals surface area contributed by atoms with Crippen molar-refractivity contribution >= 4 is 0 Å². The van der Waals surface area contributed by atoms with E-state index < -0.39 is 59.3 Å². The molecule has 0 saturated heterocycles. The van der Waals surface area contributed by atoms with Crippen LogP contribution in [0, 0.1) is 0 Å². The number of aliphatic hydroxyl groups is 1. The van der Waals surface area contributed by atoms with Gasteiger partial charge in [0.1, 0.15) is 11.4 Å². The molecule has 220 valence electrons. The highest BCUT2D eigenvalue weighted by molar-refractivity contribution is 5.37. The molecule has 0 fully saturated rings. The molecule has 39 heavy (non-hydrogen) atoms. The third kappa shape index (κ3) is 5.38. The number of rotatable bonds is 11. The second-order valence-electron chi connectivity index (χ2n) is 8.69. The molecule has 2 rings (SSSR count). The lowest BCUT2D eigenvalue weighted by molar-refractivity contribution is -0.441. The zero-order valence-electron chi connectivity index (χ0n) is 20.0. The Morgan fingerprint density at radius 2 is 1.21 bits per heavy atom. The van der Waals surface area contributed by atoms with Gasteiger partial charge < -0.3 is 9.84 Å². The molecule has 2 unspecified atom stereocenters. The SMILES string of the molecule is CCOc1cccc(C(O)(CC(F)(F)C(F)(F)C(F)(F)C(F)(F)C(F)(F)C(F)(F)F)C(C)c2ccccc2)c1. The van der Waals surface area contributed by atoms with Crippen molar-refractivity contribution in [1.29, 1.82) is 0 Å². The summed E-state index contributed by atoms with van der Waals surface area (Å²) in [6, 6.07) is 10.6. The molecule has 0 bridgehead atoms. The van der Waals surface area contributed by atoms with E-state index >= 15 is 0 Å². The van der Waals surface area contributed by atoms with E-state index in [0.29, 0.717) is 0 Å². The van der Waals surface area contributed by atoms with Crippen molar-refractivity contribution in [1.82, 2.24) is 0 Å². The normalized spacial score (nSPS) is 16.5. The predicted molar refractivity (Wildman–Crippen MR) is 112 cm³/mol. The van der Waals surface area contributed by atoms with E-state index in [4.69, 9.17) is 4.74 Å². The van der Waals surface area contributed by atoms with Gasteiger partial charge in [0.25, 0.3) is 0 Å². The smallest absolute Gasteiger partial charge is 0.460 e. The number of benzene rings is 2. The van der Waals surface area contributed by atoms with Gasteiger partial charge in [-0.2, -0.15) is 57.1 Å². The van der Waals surface area contributed by atoms with Crippen LogP contribution in [0.3, 0.4) is 0 Å². The van der Waals surface area contributed by atoms with Crippen LogP contribution in [0.5, 0.6) is 5.75 Å². The van der Waals surface area contributed by atoms with Crippen molar-refractivity contribution in [3.05, 3.63) is 65.7 Å². The average Bonchev–Trinajstić information content (AvgIpc) is 2.83. The van der Waals surface area contributed by atoms with E-state index in [0.717, 1.165) is 25.1 Å².